The van der Waals surface area contributed by atoms with Crippen LogP contribution in [0.5, 0.6) is 0 Å². The Balaban J connectivity index is 2.17. The molecule has 114 valence electrons. The first kappa shape index (κ1) is 16.1. The third-order valence-corrected chi connectivity index (χ3v) is 3.69. The maximum absolute atomic E-state index is 13.4. The predicted octanol–water partition coefficient (Wildman–Crippen LogP) is 2.98. The molecule has 0 fully saturated rings. The van der Waals surface area contributed by atoms with E-state index in [1.165, 1.54) is 12.1 Å². The Labute approximate surface area is 131 Å². The normalized spacial score (nSPS) is 12.9. The van der Waals surface area contributed by atoms with Crippen LogP contribution in [0.1, 0.15) is 25.7 Å². The molecule has 0 bridgehead atoms. The molecule has 2 aromatic rings. The minimum atomic E-state index is -0.369. The molecule has 0 aliphatic heterocycles. The fourth-order valence-corrected chi connectivity index (χ4v) is 2.49. The van der Waals surface area contributed by atoms with E-state index in [-0.39, 0.29) is 17.7 Å². The number of hydrogen-bond acceptors (Lipinski definition) is 5. The topological polar surface area (TPSA) is 68.2 Å². The summed E-state index contributed by atoms with van der Waals surface area (Å²) in [4.78, 5) is 6.45. The second-order valence-electron chi connectivity index (χ2n) is 4.71. The van der Waals surface area contributed by atoms with E-state index in [2.05, 4.69) is 44.8 Å². The van der Waals surface area contributed by atoms with E-state index < -0.39 is 0 Å². The van der Waals surface area contributed by atoms with Crippen molar-refractivity contribution in [2.75, 3.05) is 19.6 Å². The Hall–Kier alpha value is -1.31. The molecule has 1 unspecified atom stereocenters. The van der Waals surface area contributed by atoms with E-state index in [1.54, 1.807) is 6.07 Å². The predicted molar refractivity (Wildman–Crippen MR) is 82.1 cm³/mol. The molecule has 21 heavy (non-hydrogen) atoms. The highest BCUT2D eigenvalue weighted by atomic mass is 79.9. The summed E-state index contributed by atoms with van der Waals surface area (Å²) in [7, 11) is 0. The standard InChI is InChI=1S/C14H18BrFN4O/c1-3-20(4-2)8-12(17)13-18-14(21-19-13)9-5-10(15)7-11(16)6-9/h5-7,12H,3-4,8,17H2,1-2H3. The molecular weight excluding hydrogens is 339 g/mol. The van der Waals surface area contributed by atoms with E-state index in [0.717, 1.165) is 13.1 Å². The van der Waals surface area contributed by atoms with Crippen LogP contribution in [0.2, 0.25) is 0 Å². The largest absolute Gasteiger partial charge is 0.334 e. The molecular formula is C14H18BrFN4O. The average molecular weight is 357 g/mol. The van der Waals surface area contributed by atoms with Crippen molar-refractivity contribution >= 4 is 15.9 Å². The highest BCUT2D eigenvalue weighted by molar-refractivity contribution is 9.10. The van der Waals surface area contributed by atoms with Crippen LogP contribution in [0.3, 0.4) is 0 Å². The van der Waals surface area contributed by atoms with Crippen LogP contribution in [0.25, 0.3) is 11.5 Å². The van der Waals surface area contributed by atoms with Crippen molar-refractivity contribution in [2.24, 2.45) is 5.73 Å². The van der Waals surface area contributed by atoms with Crippen LogP contribution < -0.4 is 5.73 Å². The Morgan fingerprint density at radius 3 is 2.67 bits per heavy atom. The van der Waals surface area contributed by atoms with Gasteiger partial charge in [-0.25, -0.2) is 4.39 Å². The van der Waals surface area contributed by atoms with E-state index in [0.29, 0.717) is 22.4 Å². The molecule has 0 spiro atoms. The molecule has 1 aromatic carbocycles. The summed E-state index contributed by atoms with van der Waals surface area (Å²) < 4.78 is 19.2. The average Bonchev–Trinajstić information content (AvgIpc) is 2.93. The summed E-state index contributed by atoms with van der Waals surface area (Å²) >= 11 is 3.24. The number of hydrogen-bond donors (Lipinski definition) is 1. The Bertz CT molecular complexity index is 580. The summed E-state index contributed by atoms with van der Waals surface area (Å²) in [6.45, 7) is 6.61. The smallest absolute Gasteiger partial charge is 0.258 e. The zero-order chi connectivity index (χ0) is 15.4. The second kappa shape index (κ2) is 7.11. The third kappa shape index (κ3) is 4.09. The first-order valence-corrected chi connectivity index (χ1v) is 7.60. The van der Waals surface area contributed by atoms with Crippen molar-refractivity contribution in [1.82, 2.24) is 15.0 Å². The van der Waals surface area contributed by atoms with Gasteiger partial charge in [0.15, 0.2) is 5.82 Å². The highest BCUT2D eigenvalue weighted by Crippen LogP contribution is 2.24. The number of nitrogens with zero attached hydrogens (tertiary/aromatic N) is 3. The van der Waals surface area contributed by atoms with Gasteiger partial charge in [-0.3, -0.25) is 0 Å². The van der Waals surface area contributed by atoms with Crippen molar-refractivity contribution in [3.05, 3.63) is 34.3 Å². The van der Waals surface area contributed by atoms with Crippen LogP contribution in [-0.4, -0.2) is 34.7 Å². The fraction of sp³-hybridized carbons (Fsp3) is 0.429. The summed E-state index contributed by atoms with van der Waals surface area (Å²) in [6, 6.07) is 4.10. The van der Waals surface area contributed by atoms with Gasteiger partial charge < -0.3 is 15.2 Å². The molecule has 1 aromatic heterocycles. The lowest BCUT2D eigenvalue weighted by atomic mass is 10.2. The van der Waals surface area contributed by atoms with Crippen molar-refractivity contribution in [1.29, 1.82) is 0 Å². The van der Waals surface area contributed by atoms with Gasteiger partial charge in [0.1, 0.15) is 5.82 Å². The quantitative estimate of drug-likeness (QED) is 0.861. The zero-order valence-corrected chi connectivity index (χ0v) is 13.6. The van der Waals surface area contributed by atoms with Gasteiger partial charge in [-0.1, -0.05) is 34.9 Å². The highest BCUT2D eigenvalue weighted by Gasteiger charge is 2.18. The number of aromatic nitrogens is 2. The third-order valence-electron chi connectivity index (χ3n) is 3.23. The monoisotopic (exact) mass is 356 g/mol. The second-order valence-corrected chi connectivity index (χ2v) is 5.62. The van der Waals surface area contributed by atoms with Crippen molar-refractivity contribution in [3.63, 3.8) is 0 Å². The molecule has 1 atom stereocenters. The molecule has 7 heteroatoms. The van der Waals surface area contributed by atoms with Crippen molar-refractivity contribution in [2.45, 2.75) is 19.9 Å². The molecule has 0 saturated heterocycles. The number of benzene rings is 1. The molecule has 0 aliphatic carbocycles. The van der Waals surface area contributed by atoms with Crippen LogP contribution in [0.15, 0.2) is 27.2 Å². The van der Waals surface area contributed by atoms with Gasteiger partial charge in [-0.05, 0) is 31.3 Å². The molecule has 1 heterocycles. The lowest BCUT2D eigenvalue weighted by Crippen LogP contribution is -2.32. The number of likely N-dealkylation sites (N-methyl/N-ethyl adjacent to an activating group) is 1. The van der Waals surface area contributed by atoms with Gasteiger partial charge >= 0.3 is 0 Å². The van der Waals surface area contributed by atoms with Gasteiger partial charge in [0, 0.05) is 16.6 Å². The summed E-state index contributed by atoms with van der Waals surface area (Å²) in [5, 5.41) is 3.90. The Morgan fingerprint density at radius 2 is 2.05 bits per heavy atom. The molecule has 2 N–H and O–H groups in total. The first-order chi connectivity index (χ1) is 10.0. The number of nitrogens with two attached hydrogens (primary N) is 1. The zero-order valence-electron chi connectivity index (χ0n) is 12.0. The maximum atomic E-state index is 13.4. The van der Waals surface area contributed by atoms with Gasteiger partial charge in [-0.2, -0.15) is 4.98 Å². The Morgan fingerprint density at radius 1 is 1.33 bits per heavy atom. The summed E-state index contributed by atoms with van der Waals surface area (Å²) in [5.41, 5.74) is 6.61. The molecule has 0 amide bonds. The lowest BCUT2D eigenvalue weighted by Gasteiger charge is -2.20. The van der Waals surface area contributed by atoms with E-state index in [9.17, 15) is 4.39 Å². The van der Waals surface area contributed by atoms with Crippen molar-refractivity contribution in [3.8, 4) is 11.5 Å². The van der Waals surface area contributed by atoms with E-state index >= 15 is 0 Å². The first-order valence-electron chi connectivity index (χ1n) is 6.81. The maximum Gasteiger partial charge on any atom is 0.258 e. The Kier molecular flexibility index (Phi) is 5.44. The summed E-state index contributed by atoms with van der Waals surface area (Å²) in [6.07, 6.45) is 0. The minimum Gasteiger partial charge on any atom is -0.334 e. The van der Waals surface area contributed by atoms with Crippen LogP contribution in [0.4, 0.5) is 4.39 Å². The molecule has 5 nitrogen and oxygen atoms in total. The minimum absolute atomic E-state index is 0.264. The SMILES string of the molecule is CCN(CC)CC(N)c1noc(-c2cc(F)cc(Br)c2)n1. The summed E-state index contributed by atoms with van der Waals surface area (Å²) in [5.74, 6) is 0.323. The molecule has 0 radical (unpaired) electrons. The van der Waals surface area contributed by atoms with E-state index in [1.807, 2.05) is 0 Å². The molecule has 2 rings (SSSR count). The van der Waals surface area contributed by atoms with Gasteiger partial charge in [0.05, 0.1) is 6.04 Å². The van der Waals surface area contributed by atoms with Crippen LogP contribution in [-0.2, 0) is 0 Å². The fourth-order valence-electron chi connectivity index (χ4n) is 2.02. The van der Waals surface area contributed by atoms with Gasteiger partial charge in [-0.15, -0.1) is 0 Å². The number of rotatable bonds is 6. The van der Waals surface area contributed by atoms with Gasteiger partial charge in [0.25, 0.3) is 5.89 Å². The lowest BCUT2D eigenvalue weighted by molar-refractivity contribution is 0.278. The van der Waals surface area contributed by atoms with Crippen LogP contribution >= 0.6 is 15.9 Å². The van der Waals surface area contributed by atoms with Crippen LogP contribution in [0, 0.1) is 5.82 Å². The number of halogens is 2. The van der Waals surface area contributed by atoms with E-state index in [4.69, 9.17) is 10.3 Å². The van der Waals surface area contributed by atoms with Crippen molar-refractivity contribution < 1.29 is 8.91 Å². The molecule has 0 aliphatic rings. The molecule has 0 saturated carbocycles. The van der Waals surface area contributed by atoms with Gasteiger partial charge in [0.2, 0.25) is 0 Å².